The fourth-order valence-corrected chi connectivity index (χ4v) is 3.10. The molecule has 1 unspecified atom stereocenters. The molecule has 96 valence electrons. The van der Waals surface area contributed by atoms with Gasteiger partial charge in [-0.1, -0.05) is 25.7 Å². The third-order valence-electron chi connectivity index (χ3n) is 4.12. The summed E-state index contributed by atoms with van der Waals surface area (Å²) in [4.78, 5) is 4.21. The van der Waals surface area contributed by atoms with Crippen molar-refractivity contribution in [2.24, 2.45) is 5.92 Å². The Morgan fingerprint density at radius 3 is 3.00 bits per heavy atom. The zero-order chi connectivity index (χ0) is 12.4. The first kappa shape index (κ1) is 11.7. The second-order valence-corrected chi connectivity index (χ2v) is 5.23. The topological polar surface area (TPSA) is 42.2 Å². The summed E-state index contributed by atoms with van der Waals surface area (Å²) in [7, 11) is 2.04. The van der Waals surface area contributed by atoms with Gasteiger partial charge in [-0.3, -0.25) is 4.98 Å². The highest BCUT2D eigenvalue weighted by molar-refractivity contribution is 5.53. The van der Waals surface area contributed by atoms with Crippen molar-refractivity contribution < 1.29 is 0 Å². The van der Waals surface area contributed by atoms with Crippen LogP contribution in [0.5, 0.6) is 0 Å². The Labute approximate surface area is 107 Å². The molecule has 3 rings (SSSR count). The number of fused-ring (bicyclic) bond motifs is 1. The molecule has 4 heteroatoms. The van der Waals surface area contributed by atoms with Gasteiger partial charge in [-0.05, 0) is 19.4 Å². The van der Waals surface area contributed by atoms with Gasteiger partial charge in [-0.15, -0.1) is 0 Å². The lowest BCUT2D eigenvalue weighted by Gasteiger charge is -2.19. The molecule has 0 amide bonds. The number of nitrogens with zero attached hydrogens (tertiary/aromatic N) is 3. The van der Waals surface area contributed by atoms with Crippen LogP contribution < -0.4 is 5.32 Å². The van der Waals surface area contributed by atoms with E-state index in [0.717, 1.165) is 11.4 Å². The van der Waals surface area contributed by atoms with E-state index < -0.39 is 0 Å². The summed E-state index contributed by atoms with van der Waals surface area (Å²) in [6.07, 6.45) is 14.3. The monoisotopic (exact) mass is 244 g/mol. The first-order valence-electron chi connectivity index (χ1n) is 6.83. The summed E-state index contributed by atoms with van der Waals surface area (Å²) < 4.78 is 1.90. The van der Waals surface area contributed by atoms with Crippen LogP contribution in [0.1, 0.15) is 43.7 Å². The van der Waals surface area contributed by atoms with Gasteiger partial charge in [0.05, 0.1) is 17.9 Å². The molecular weight excluding hydrogens is 224 g/mol. The molecular formula is C14H20N4. The minimum absolute atomic E-state index is 0.398. The van der Waals surface area contributed by atoms with Crippen molar-refractivity contribution in [1.29, 1.82) is 0 Å². The lowest BCUT2D eigenvalue weighted by Crippen LogP contribution is -2.19. The van der Waals surface area contributed by atoms with Crippen LogP contribution in [0.4, 0.5) is 0 Å². The molecule has 1 N–H and O–H groups in total. The largest absolute Gasteiger partial charge is 0.313 e. The molecule has 2 heterocycles. The van der Waals surface area contributed by atoms with E-state index in [1.54, 1.807) is 6.20 Å². The molecule has 1 aliphatic rings. The van der Waals surface area contributed by atoms with Crippen LogP contribution in [-0.2, 0) is 0 Å². The zero-order valence-corrected chi connectivity index (χ0v) is 10.8. The smallest absolute Gasteiger partial charge is 0.0892 e. The Bertz CT molecular complexity index is 513. The maximum absolute atomic E-state index is 4.40. The second-order valence-electron chi connectivity index (χ2n) is 5.23. The number of aromatic nitrogens is 3. The fraction of sp³-hybridized carbons (Fsp3) is 0.571. The molecule has 2 aromatic heterocycles. The maximum atomic E-state index is 4.40. The van der Waals surface area contributed by atoms with E-state index in [2.05, 4.69) is 15.4 Å². The van der Waals surface area contributed by atoms with Crippen molar-refractivity contribution >= 4 is 5.52 Å². The van der Waals surface area contributed by atoms with Gasteiger partial charge in [0.2, 0.25) is 0 Å². The van der Waals surface area contributed by atoms with Crippen molar-refractivity contribution in [1.82, 2.24) is 19.9 Å². The van der Waals surface area contributed by atoms with E-state index in [0.29, 0.717) is 6.04 Å². The van der Waals surface area contributed by atoms with Gasteiger partial charge in [0, 0.05) is 24.0 Å². The molecule has 1 aliphatic carbocycles. The van der Waals surface area contributed by atoms with Crippen LogP contribution in [0.15, 0.2) is 24.8 Å². The van der Waals surface area contributed by atoms with E-state index in [1.807, 2.05) is 30.2 Å². The van der Waals surface area contributed by atoms with Crippen molar-refractivity contribution in [3.05, 3.63) is 30.4 Å². The zero-order valence-electron chi connectivity index (χ0n) is 10.8. The van der Waals surface area contributed by atoms with Crippen LogP contribution in [-0.4, -0.2) is 21.6 Å². The highest BCUT2D eigenvalue weighted by Gasteiger charge is 2.22. The Kier molecular flexibility index (Phi) is 3.28. The molecule has 18 heavy (non-hydrogen) atoms. The Morgan fingerprint density at radius 2 is 2.22 bits per heavy atom. The van der Waals surface area contributed by atoms with Crippen LogP contribution in [0.2, 0.25) is 0 Å². The molecule has 1 fully saturated rings. The highest BCUT2D eigenvalue weighted by Crippen LogP contribution is 2.33. The van der Waals surface area contributed by atoms with Crippen LogP contribution >= 0.6 is 0 Å². The Balaban J connectivity index is 1.86. The molecule has 2 aromatic rings. The summed E-state index contributed by atoms with van der Waals surface area (Å²) >= 11 is 0. The van der Waals surface area contributed by atoms with Gasteiger partial charge < -0.3 is 5.32 Å². The number of hydrogen-bond acceptors (Lipinski definition) is 3. The first-order chi connectivity index (χ1) is 8.88. The molecule has 0 spiro atoms. The van der Waals surface area contributed by atoms with Gasteiger partial charge in [0.1, 0.15) is 0 Å². The van der Waals surface area contributed by atoms with Gasteiger partial charge >= 0.3 is 0 Å². The van der Waals surface area contributed by atoms with Gasteiger partial charge in [0.15, 0.2) is 0 Å². The van der Waals surface area contributed by atoms with E-state index in [9.17, 15) is 0 Å². The van der Waals surface area contributed by atoms with Crippen molar-refractivity contribution in [3.63, 3.8) is 0 Å². The van der Waals surface area contributed by atoms with Crippen LogP contribution in [0.3, 0.4) is 0 Å². The summed E-state index contributed by atoms with van der Waals surface area (Å²) in [6.45, 7) is 0. The minimum Gasteiger partial charge on any atom is -0.313 e. The van der Waals surface area contributed by atoms with Crippen molar-refractivity contribution in [3.8, 4) is 0 Å². The van der Waals surface area contributed by atoms with Crippen LogP contribution in [0.25, 0.3) is 5.52 Å². The third kappa shape index (κ3) is 2.12. The second kappa shape index (κ2) is 5.06. The maximum Gasteiger partial charge on any atom is 0.0892 e. The van der Waals surface area contributed by atoms with Crippen LogP contribution in [0, 0.1) is 5.92 Å². The number of hydrogen-bond donors (Lipinski definition) is 1. The lowest BCUT2D eigenvalue weighted by molar-refractivity contribution is 0.415. The van der Waals surface area contributed by atoms with E-state index >= 15 is 0 Å². The predicted molar refractivity (Wildman–Crippen MR) is 71.4 cm³/mol. The third-order valence-corrected chi connectivity index (χ3v) is 4.12. The molecule has 0 bridgehead atoms. The van der Waals surface area contributed by atoms with Gasteiger partial charge in [0.25, 0.3) is 0 Å². The summed E-state index contributed by atoms with van der Waals surface area (Å²) in [5, 5.41) is 7.84. The quantitative estimate of drug-likeness (QED) is 0.898. The minimum atomic E-state index is 0.398. The normalized spacial score (nSPS) is 18.5. The van der Waals surface area contributed by atoms with E-state index in [1.165, 1.54) is 37.7 Å². The molecule has 0 aliphatic heterocycles. The fourth-order valence-electron chi connectivity index (χ4n) is 3.10. The average molecular weight is 244 g/mol. The number of rotatable bonds is 4. The Hall–Kier alpha value is -1.42. The average Bonchev–Trinajstić information content (AvgIpc) is 3.05. The molecule has 4 nitrogen and oxygen atoms in total. The molecule has 0 saturated heterocycles. The number of nitrogens with one attached hydrogen (secondary N) is 1. The SMILES string of the molecule is CNC(CC1CCCC1)c1cnn2ccncc12. The Morgan fingerprint density at radius 1 is 1.39 bits per heavy atom. The molecule has 0 aromatic carbocycles. The standard InChI is InChI=1S/C14H20N4/c1-15-13(8-11-4-2-3-5-11)12-9-17-18-7-6-16-10-14(12)18/h6-7,9-11,13,15H,2-5,8H2,1H3. The highest BCUT2D eigenvalue weighted by atomic mass is 15.2. The first-order valence-corrected chi connectivity index (χ1v) is 6.83. The van der Waals surface area contributed by atoms with Gasteiger partial charge in [-0.2, -0.15) is 5.10 Å². The van der Waals surface area contributed by atoms with Crippen molar-refractivity contribution in [2.75, 3.05) is 7.05 Å². The molecule has 1 saturated carbocycles. The van der Waals surface area contributed by atoms with Crippen molar-refractivity contribution in [2.45, 2.75) is 38.1 Å². The van der Waals surface area contributed by atoms with E-state index in [-0.39, 0.29) is 0 Å². The lowest BCUT2D eigenvalue weighted by atomic mass is 9.94. The summed E-state index contributed by atoms with van der Waals surface area (Å²) in [5.74, 6) is 0.870. The van der Waals surface area contributed by atoms with Gasteiger partial charge in [-0.25, -0.2) is 4.52 Å². The predicted octanol–water partition coefficient (Wildman–Crippen LogP) is 2.57. The molecule has 0 radical (unpaired) electrons. The summed E-state index contributed by atoms with van der Waals surface area (Å²) in [5.41, 5.74) is 2.40. The molecule has 1 atom stereocenters. The van der Waals surface area contributed by atoms with E-state index in [4.69, 9.17) is 0 Å². The summed E-state index contributed by atoms with van der Waals surface area (Å²) in [6, 6.07) is 0.398.